The highest BCUT2D eigenvalue weighted by Crippen LogP contribution is 2.33. The van der Waals surface area contributed by atoms with Gasteiger partial charge in [-0.1, -0.05) is 12.1 Å². The lowest BCUT2D eigenvalue weighted by Crippen LogP contribution is -2.22. The van der Waals surface area contributed by atoms with Crippen molar-refractivity contribution in [3.8, 4) is 11.5 Å². The first kappa shape index (κ1) is 15.9. The van der Waals surface area contributed by atoms with E-state index in [1.807, 2.05) is 49.8 Å². The molecule has 0 N–H and O–H groups in total. The predicted molar refractivity (Wildman–Crippen MR) is 106 cm³/mol. The molecule has 0 bridgehead atoms. The summed E-state index contributed by atoms with van der Waals surface area (Å²) in [5.74, 6) is 2.08. The topological polar surface area (TPSA) is 59.7 Å². The average Bonchev–Trinajstić information content (AvgIpc) is 3.36. The Labute approximate surface area is 157 Å². The van der Waals surface area contributed by atoms with Gasteiger partial charge >= 0.3 is 0 Å². The van der Waals surface area contributed by atoms with Gasteiger partial charge in [0.2, 0.25) is 0 Å². The third kappa shape index (κ3) is 2.83. The molecule has 134 valence electrons. The van der Waals surface area contributed by atoms with Crippen molar-refractivity contribution >= 4 is 16.9 Å². The van der Waals surface area contributed by atoms with E-state index >= 15 is 0 Å². The molecule has 0 amide bonds. The van der Waals surface area contributed by atoms with Crippen molar-refractivity contribution in [2.45, 2.75) is 12.3 Å². The number of anilines is 1. The molecule has 0 radical (unpaired) electrons. The van der Waals surface area contributed by atoms with Gasteiger partial charge in [0.05, 0.1) is 5.52 Å². The molecule has 1 aliphatic heterocycles. The lowest BCUT2D eigenvalue weighted by atomic mass is 10.0. The molecule has 5 heterocycles. The van der Waals surface area contributed by atoms with Crippen LogP contribution in [0.25, 0.3) is 22.6 Å². The van der Waals surface area contributed by atoms with Crippen LogP contribution in [0.1, 0.15) is 18.0 Å². The van der Waals surface area contributed by atoms with E-state index < -0.39 is 0 Å². The van der Waals surface area contributed by atoms with Crippen molar-refractivity contribution in [1.29, 1.82) is 0 Å². The highest BCUT2D eigenvalue weighted by molar-refractivity contribution is 5.88. The third-order valence-corrected chi connectivity index (χ3v) is 5.19. The number of pyridine rings is 2. The first-order chi connectivity index (χ1) is 13.3. The highest BCUT2D eigenvalue weighted by Gasteiger charge is 2.28. The molecule has 1 fully saturated rings. The smallest absolute Gasteiger partial charge is 0.180 e. The maximum Gasteiger partial charge on any atom is 0.180 e. The van der Waals surface area contributed by atoms with Crippen molar-refractivity contribution in [3.63, 3.8) is 0 Å². The second kappa shape index (κ2) is 6.46. The number of aryl methyl sites for hydroxylation is 1. The van der Waals surface area contributed by atoms with E-state index in [0.717, 1.165) is 47.7 Å². The van der Waals surface area contributed by atoms with Crippen molar-refractivity contribution in [2.24, 2.45) is 7.05 Å². The average molecular weight is 356 g/mol. The minimum atomic E-state index is 0.426. The highest BCUT2D eigenvalue weighted by atomic mass is 15.2. The maximum absolute atomic E-state index is 4.93. The summed E-state index contributed by atoms with van der Waals surface area (Å²) in [7, 11) is 2.04. The van der Waals surface area contributed by atoms with Gasteiger partial charge in [0.1, 0.15) is 11.2 Å². The summed E-state index contributed by atoms with van der Waals surface area (Å²) < 4.78 is 2.10. The van der Waals surface area contributed by atoms with Crippen LogP contribution in [0.5, 0.6) is 0 Å². The quantitative estimate of drug-likeness (QED) is 0.563. The van der Waals surface area contributed by atoms with Gasteiger partial charge in [-0.25, -0.2) is 9.97 Å². The van der Waals surface area contributed by atoms with Crippen LogP contribution >= 0.6 is 0 Å². The summed E-state index contributed by atoms with van der Waals surface area (Å²) in [6.07, 6.45) is 6.76. The van der Waals surface area contributed by atoms with Gasteiger partial charge < -0.3 is 9.47 Å². The molecule has 27 heavy (non-hydrogen) atoms. The van der Waals surface area contributed by atoms with Crippen LogP contribution in [0.3, 0.4) is 0 Å². The molecule has 0 aliphatic carbocycles. The number of fused-ring (bicyclic) bond motifs is 1. The van der Waals surface area contributed by atoms with E-state index in [-0.39, 0.29) is 0 Å². The van der Waals surface area contributed by atoms with Gasteiger partial charge in [0.15, 0.2) is 11.6 Å². The third-order valence-electron chi connectivity index (χ3n) is 5.19. The Kier molecular flexibility index (Phi) is 3.81. The fourth-order valence-electron chi connectivity index (χ4n) is 3.81. The van der Waals surface area contributed by atoms with E-state index in [2.05, 4.69) is 31.6 Å². The second-order valence-electron chi connectivity index (χ2n) is 6.93. The minimum absolute atomic E-state index is 0.426. The van der Waals surface area contributed by atoms with Crippen LogP contribution in [0.4, 0.5) is 5.82 Å². The van der Waals surface area contributed by atoms with E-state index in [1.54, 1.807) is 6.20 Å². The molecular weight excluding hydrogens is 336 g/mol. The number of rotatable bonds is 3. The Morgan fingerprint density at radius 2 is 1.81 bits per heavy atom. The molecular formula is C21H20N6. The standard InChI is InChI=1S/C21H20N6/c1-26-12-9-17-19(26)21(25-20(24-17)18-7-3-5-11-23-18)27-13-8-15(14-27)16-6-2-4-10-22-16/h2-7,9-12,15H,8,13-14H2,1H3. The van der Waals surface area contributed by atoms with E-state index in [0.29, 0.717) is 11.7 Å². The Bertz CT molecular complexity index is 1070. The summed E-state index contributed by atoms with van der Waals surface area (Å²) in [4.78, 5) is 21.0. The number of hydrogen-bond donors (Lipinski definition) is 0. The van der Waals surface area contributed by atoms with Gasteiger partial charge in [-0.15, -0.1) is 0 Å². The molecule has 0 aromatic carbocycles. The molecule has 6 nitrogen and oxygen atoms in total. The van der Waals surface area contributed by atoms with Crippen molar-refractivity contribution in [3.05, 3.63) is 66.7 Å². The van der Waals surface area contributed by atoms with Crippen LogP contribution in [0.2, 0.25) is 0 Å². The Morgan fingerprint density at radius 3 is 2.59 bits per heavy atom. The normalized spacial score (nSPS) is 16.9. The minimum Gasteiger partial charge on any atom is -0.354 e. The van der Waals surface area contributed by atoms with Crippen molar-refractivity contribution < 1.29 is 0 Å². The summed E-state index contributed by atoms with van der Waals surface area (Å²) in [6, 6.07) is 14.0. The van der Waals surface area contributed by atoms with E-state index in [9.17, 15) is 0 Å². The van der Waals surface area contributed by atoms with Crippen LogP contribution in [0, 0.1) is 0 Å². The van der Waals surface area contributed by atoms with Gasteiger partial charge in [-0.05, 0) is 36.8 Å². The lowest BCUT2D eigenvalue weighted by Gasteiger charge is -2.20. The summed E-state index contributed by atoms with van der Waals surface area (Å²) >= 11 is 0. The number of hydrogen-bond acceptors (Lipinski definition) is 5. The molecule has 1 unspecified atom stereocenters. The molecule has 4 aromatic heterocycles. The zero-order valence-electron chi connectivity index (χ0n) is 15.2. The summed E-state index contributed by atoms with van der Waals surface area (Å²) in [6.45, 7) is 1.87. The maximum atomic E-state index is 4.93. The molecule has 4 aromatic rings. The van der Waals surface area contributed by atoms with E-state index in [1.165, 1.54) is 0 Å². The Morgan fingerprint density at radius 1 is 0.963 bits per heavy atom. The SMILES string of the molecule is Cn1ccc2nc(-c3ccccn3)nc(N3CCC(c4ccccn4)C3)c21. The van der Waals surface area contributed by atoms with Crippen LogP contribution in [-0.4, -0.2) is 37.6 Å². The van der Waals surface area contributed by atoms with Gasteiger partial charge in [0, 0.05) is 50.3 Å². The Balaban J connectivity index is 1.57. The zero-order valence-corrected chi connectivity index (χ0v) is 15.2. The van der Waals surface area contributed by atoms with Gasteiger partial charge in [-0.2, -0.15) is 0 Å². The predicted octanol–water partition coefficient (Wildman–Crippen LogP) is 3.42. The number of aromatic nitrogens is 5. The Hall–Kier alpha value is -3.28. The molecule has 5 rings (SSSR count). The molecule has 0 spiro atoms. The van der Waals surface area contributed by atoms with Crippen molar-refractivity contribution in [2.75, 3.05) is 18.0 Å². The van der Waals surface area contributed by atoms with Gasteiger partial charge in [-0.3, -0.25) is 9.97 Å². The van der Waals surface area contributed by atoms with Crippen LogP contribution in [-0.2, 0) is 7.05 Å². The fourth-order valence-corrected chi connectivity index (χ4v) is 3.81. The lowest BCUT2D eigenvalue weighted by molar-refractivity contribution is 0.744. The second-order valence-corrected chi connectivity index (χ2v) is 6.93. The monoisotopic (exact) mass is 356 g/mol. The molecule has 1 aliphatic rings. The first-order valence-corrected chi connectivity index (χ1v) is 9.20. The zero-order chi connectivity index (χ0) is 18.2. The summed E-state index contributed by atoms with van der Waals surface area (Å²) in [5, 5.41) is 0. The van der Waals surface area contributed by atoms with E-state index in [4.69, 9.17) is 9.97 Å². The molecule has 1 saturated heterocycles. The molecule has 6 heteroatoms. The van der Waals surface area contributed by atoms with Crippen molar-refractivity contribution in [1.82, 2.24) is 24.5 Å². The number of nitrogens with zero attached hydrogens (tertiary/aromatic N) is 6. The summed E-state index contributed by atoms with van der Waals surface area (Å²) in [5.41, 5.74) is 3.97. The largest absolute Gasteiger partial charge is 0.354 e. The first-order valence-electron chi connectivity index (χ1n) is 9.20. The fraction of sp³-hybridized carbons (Fsp3) is 0.238. The van der Waals surface area contributed by atoms with Crippen LogP contribution < -0.4 is 4.90 Å². The van der Waals surface area contributed by atoms with Gasteiger partial charge in [0.25, 0.3) is 0 Å². The molecule has 1 atom stereocenters. The van der Waals surface area contributed by atoms with Crippen LogP contribution in [0.15, 0.2) is 61.1 Å². The molecule has 0 saturated carbocycles.